The first-order chi connectivity index (χ1) is 8.93. The molecule has 19 heavy (non-hydrogen) atoms. The number of benzene rings is 1. The molecule has 1 aromatic carbocycles. The van der Waals surface area contributed by atoms with E-state index < -0.39 is 0 Å². The fraction of sp³-hybridized carbons (Fsp3) is 0.533. The molecule has 0 aliphatic rings. The first-order valence-corrected chi connectivity index (χ1v) is 6.62. The van der Waals surface area contributed by atoms with Crippen LogP contribution in [0.15, 0.2) is 12.1 Å². The van der Waals surface area contributed by atoms with Crippen molar-refractivity contribution >= 4 is 11.6 Å². The molecule has 0 aliphatic heterocycles. The summed E-state index contributed by atoms with van der Waals surface area (Å²) >= 11 is 0. The molecule has 0 aromatic heterocycles. The Balaban J connectivity index is 2.68. The predicted molar refractivity (Wildman–Crippen MR) is 78.9 cm³/mol. The van der Waals surface area contributed by atoms with E-state index >= 15 is 0 Å². The van der Waals surface area contributed by atoms with Gasteiger partial charge in [0, 0.05) is 19.0 Å². The van der Waals surface area contributed by atoms with Gasteiger partial charge in [-0.3, -0.25) is 4.79 Å². The van der Waals surface area contributed by atoms with Crippen LogP contribution in [-0.2, 0) is 4.79 Å². The van der Waals surface area contributed by atoms with Crippen molar-refractivity contribution in [1.82, 2.24) is 5.32 Å². The average molecular weight is 264 g/mol. The summed E-state index contributed by atoms with van der Waals surface area (Å²) in [5, 5.41) is 6.13. The Morgan fingerprint density at radius 1 is 1.32 bits per heavy atom. The third-order valence-corrected chi connectivity index (χ3v) is 2.80. The quantitative estimate of drug-likeness (QED) is 0.830. The number of amides is 1. The molecule has 0 fully saturated rings. The van der Waals surface area contributed by atoms with Crippen LogP contribution in [0.4, 0.5) is 5.69 Å². The van der Waals surface area contributed by atoms with Crippen molar-refractivity contribution in [3.8, 4) is 5.75 Å². The summed E-state index contributed by atoms with van der Waals surface area (Å²) in [5.74, 6) is 0.729. The third kappa shape index (κ3) is 4.91. The Hall–Kier alpha value is -1.55. The number of hydrogen-bond acceptors (Lipinski definition) is 3. The van der Waals surface area contributed by atoms with Gasteiger partial charge in [-0.2, -0.15) is 0 Å². The summed E-state index contributed by atoms with van der Waals surface area (Å²) in [5.41, 5.74) is 2.88. The number of carbonyl (C=O) groups excluding carboxylic acids is 1. The highest BCUT2D eigenvalue weighted by Crippen LogP contribution is 2.29. The molecule has 4 heteroatoms. The van der Waals surface area contributed by atoms with Crippen LogP contribution in [0.1, 0.15) is 31.4 Å². The van der Waals surface area contributed by atoms with Crippen LogP contribution < -0.4 is 15.4 Å². The van der Waals surface area contributed by atoms with Crippen molar-refractivity contribution in [2.75, 3.05) is 19.0 Å². The van der Waals surface area contributed by atoms with Gasteiger partial charge in [0.25, 0.3) is 0 Å². The normalized spacial score (nSPS) is 10.6. The summed E-state index contributed by atoms with van der Waals surface area (Å²) < 4.78 is 5.34. The molecule has 1 aromatic rings. The second-order valence-corrected chi connectivity index (χ2v) is 5.07. The summed E-state index contributed by atoms with van der Waals surface area (Å²) in [6, 6.07) is 4.36. The summed E-state index contributed by atoms with van der Waals surface area (Å²) in [6.07, 6.45) is 0.453. The fourth-order valence-corrected chi connectivity index (χ4v) is 2.01. The SMILES string of the molecule is COc1c(C)cc(C)cc1NC(=O)CCNC(C)C. The van der Waals surface area contributed by atoms with Gasteiger partial charge in [0.05, 0.1) is 12.8 Å². The number of methoxy groups -OCH3 is 1. The van der Waals surface area contributed by atoms with Crippen LogP contribution in [0.2, 0.25) is 0 Å². The standard InChI is InChI=1S/C15H24N2O2/c1-10(2)16-7-6-14(18)17-13-9-11(3)8-12(4)15(13)19-5/h8-10,16H,6-7H2,1-5H3,(H,17,18). The third-order valence-electron chi connectivity index (χ3n) is 2.80. The fourth-order valence-electron chi connectivity index (χ4n) is 2.01. The number of aryl methyl sites for hydroxylation is 2. The maximum atomic E-state index is 11.9. The van der Waals surface area contributed by atoms with Crippen LogP contribution in [0.3, 0.4) is 0 Å². The molecule has 0 aliphatic carbocycles. The van der Waals surface area contributed by atoms with Gasteiger partial charge in [0.1, 0.15) is 5.75 Å². The van der Waals surface area contributed by atoms with Gasteiger partial charge >= 0.3 is 0 Å². The summed E-state index contributed by atoms with van der Waals surface area (Å²) in [4.78, 5) is 11.9. The van der Waals surface area contributed by atoms with Crippen LogP contribution in [0.25, 0.3) is 0 Å². The molecule has 106 valence electrons. The lowest BCUT2D eigenvalue weighted by Crippen LogP contribution is -2.27. The molecular weight excluding hydrogens is 240 g/mol. The van der Waals surface area contributed by atoms with E-state index in [9.17, 15) is 4.79 Å². The van der Waals surface area contributed by atoms with Gasteiger partial charge in [-0.1, -0.05) is 19.9 Å². The highest BCUT2D eigenvalue weighted by atomic mass is 16.5. The van der Waals surface area contributed by atoms with E-state index in [4.69, 9.17) is 4.74 Å². The zero-order chi connectivity index (χ0) is 14.4. The molecule has 0 radical (unpaired) electrons. The maximum absolute atomic E-state index is 11.9. The van der Waals surface area contributed by atoms with Crippen LogP contribution in [0.5, 0.6) is 5.75 Å². The first-order valence-electron chi connectivity index (χ1n) is 6.62. The van der Waals surface area contributed by atoms with Crippen molar-refractivity contribution in [2.24, 2.45) is 0 Å². The minimum atomic E-state index is -0.00329. The van der Waals surface area contributed by atoms with Gasteiger partial charge < -0.3 is 15.4 Å². The first kappa shape index (κ1) is 15.5. The van der Waals surface area contributed by atoms with E-state index in [1.54, 1.807) is 7.11 Å². The van der Waals surface area contributed by atoms with E-state index in [-0.39, 0.29) is 5.91 Å². The highest BCUT2D eigenvalue weighted by Gasteiger charge is 2.10. The Kier molecular flexibility index (Phi) is 5.83. The molecule has 1 amide bonds. The van der Waals surface area contributed by atoms with Crippen LogP contribution in [-0.4, -0.2) is 25.6 Å². The lowest BCUT2D eigenvalue weighted by Gasteiger charge is -2.14. The molecular formula is C15H24N2O2. The summed E-state index contributed by atoms with van der Waals surface area (Å²) in [7, 11) is 1.62. The molecule has 0 unspecified atom stereocenters. The topological polar surface area (TPSA) is 50.4 Å². The second kappa shape index (κ2) is 7.14. The zero-order valence-corrected chi connectivity index (χ0v) is 12.5. The van der Waals surface area contributed by atoms with Gasteiger partial charge in [-0.25, -0.2) is 0 Å². The van der Waals surface area contributed by atoms with E-state index in [1.807, 2.05) is 26.0 Å². The monoisotopic (exact) mass is 264 g/mol. The minimum Gasteiger partial charge on any atom is -0.494 e. The van der Waals surface area contributed by atoms with E-state index in [0.717, 1.165) is 22.6 Å². The number of ether oxygens (including phenoxy) is 1. The number of nitrogens with one attached hydrogen (secondary N) is 2. The number of rotatable bonds is 6. The van der Waals surface area contributed by atoms with Crippen LogP contribution >= 0.6 is 0 Å². The Morgan fingerprint density at radius 3 is 2.58 bits per heavy atom. The molecule has 2 N–H and O–H groups in total. The van der Waals surface area contributed by atoms with Gasteiger partial charge in [0.15, 0.2) is 0 Å². The molecule has 0 bridgehead atoms. The Morgan fingerprint density at radius 2 is 2.00 bits per heavy atom. The largest absolute Gasteiger partial charge is 0.494 e. The van der Waals surface area contributed by atoms with Gasteiger partial charge in [-0.15, -0.1) is 0 Å². The Labute approximate surface area is 115 Å². The van der Waals surface area contributed by atoms with Crippen molar-refractivity contribution in [3.63, 3.8) is 0 Å². The van der Waals surface area contributed by atoms with Gasteiger partial charge in [-0.05, 0) is 31.0 Å². The predicted octanol–water partition coefficient (Wildman–Crippen LogP) is 2.64. The average Bonchev–Trinajstić information content (AvgIpc) is 2.27. The minimum absolute atomic E-state index is 0.00329. The number of anilines is 1. The van der Waals surface area contributed by atoms with Crippen molar-refractivity contribution < 1.29 is 9.53 Å². The van der Waals surface area contributed by atoms with E-state index in [2.05, 4.69) is 24.5 Å². The second-order valence-electron chi connectivity index (χ2n) is 5.07. The Bertz CT molecular complexity index is 442. The zero-order valence-electron chi connectivity index (χ0n) is 12.5. The lowest BCUT2D eigenvalue weighted by atomic mass is 10.1. The molecule has 0 spiro atoms. The molecule has 0 saturated carbocycles. The van der Waals surface area contributed by atoms with Crippen LogP contribution in [0, 0.1) is 13.8 Å². The lowest BCUT2D eigenvalue weighted by molar-refractivity contribution is -0.116. The highest BCUT2D eigenvalue weighted by molar-refractivity contribution is 5.92. The smallest absolute Gasteiger partial charge is 0.225 e. The number of carbonyl (C=O) groups is 1. The molecule has 0 saturated heterocycles. The van der Waals surface area contributed by atoms with Crippen molar-refractivity contribution in [2.45, 2.75) is 40.2 Å². The summed E-state index contributed by atoms with van der Waals surface area (Å²) in [6.45, 7) is 8.77. The van der Waals surface area contributed by atoms with Gasteiger partial charge in [0.2, 0.25) is 5.91 Å². The molecule has 1 rings (SSSR count). The molecule has 0 heterocycles. The molecule has 0 atom stereocenters. The molecule has 4 nitrogen and oxygen atoms in total. The van der Waals surface area contributed by atoms with E-state index in [1.165, 1.54) is 0 Å². The maximum Gasteiger partial charge on any atom is 0.225 e. The van der Waals surface area contributed by atoms with E-state index in [0.29, 0.717) is 19.0 Å². The van der Waals surface area contributed by atoms with Crippen molar-refractivity contribution in [3.05, 3.63) is 23.3 Å². The number of hydrogen-bond donors (Lipinski definition) is 2. The van der Waals surface area contributed by atoms with Crippen molar-refractivity contribution in [1.29, 1.82) is 0 Å².